The van der Waals surface area contributed by atoms with E-state index in [1.54, 1.807) is 0 Å². The van der Waals surface area contributed by atoms with Gasteiger partial charge >= 0.3 is 0 Å². The van der Waals surface area contributed by atoms with Crippen LogP contribution in [0.2, 0.25) is 0 Å². The molecule has 134 valence electrons. The molecule has 0 heterocycles. The summed E-state index contributed by atoms with van der Waals surface area (Å²) in [6, 6.07) is 17.5. The van der Waals surface area contributed by atoms with Crippen molar-refractivity contribution >= 4 is 5.91 Å². The lowest BCUT2D eigenvalue weighted by molar-refractivity contribution is -0.125. The summed E-state index contributed by atoms with van der Waals surface area (Å²) < 4.78 is 5.68. The number of carbonyl (C=O) groups is 1. The third-order valence-corrected chi connectivity index (χ3v) is 4.30. The fourth-order valence-corrected chi connectivity index (χ4v) is 2.55. The zero-order valence-corrected chi connectivity index (χ0v) is 15.1. The molecule has 4 heteroatoms. The third kappa shape index (κ3) is 6.24. The number of aryl methyl sites for hydroxylation is 1. The SMILES string of the molecule is Cc1ccc(OCCCCNC(=O)C(C)C(N)c2ccccc2)cc1. The molecule has 2 atom stereocenters. The lowest BCUT2D eigenvalue weighted by Gasteiger charge is -2.19. The molecular formula is C21H28N2O2. The summed E-state index contributed by atoms with van der Waals surface area (Å²) in [5.74, 6) is 0.624. The van der Waals surface area contributed by atoms with Gasteiger partial charge in [0.25, 0.3) is 0 Å². The number of rotatable bonds is 9. The molecule has 2 rings (SSSR count). The van der Waals surface area contributed by atoms with Crippen molar-refractivity contribution in [2.75, 3.05) is 13.2 Å². The molecule has 0 saturated carbocycles. The molecule has 4 nitrogen and oxygen atoms in total. The molecular weight excluding hydrogens is 312 g/mol. The van der Waals surface area contributed by atoms with Gasteiger partial charge in [-0.3, -0.25) is 4.79 Å². The first-order valence-electron chi connectivity index (χ1n) is 8.85. The van der Waals surface area contributed by atoms with E-state index < -0.39 is 0 Å². The number of nitrogens with two attached hydrogens (primary N) is 1. The van der Waals surface area contributed by atoms with Gasteiger partial charge in [-0.05, 0) is 37.5 Å². The standard InChI is InChI=1S/C21H28N2O2/c1-16-10-12-19(13-11-16)25-15-7-6-14-23-21(24)17(2)20(22)18-8-4-3-5-9-18/h3-5,8-13,17,20H,6-7,14-15,22H2,1-2H3,(H,23,24). The van der Waals surface area contributed by atoms with E-state index in [1.807, 2.05) is 61.5 Å². The summed E-state index contributed by atoms with van der Waals surface area (Å²) in [5, 5.41) is 2.96. The average molecular weight is 340 g/mol. The molecule has 0 aliphatic rings. The molecule has 0 saturated heterocycles. The molecule has 25 heavy (non-hydrogen) atoms. The van der Waals surface area contributed by atoms with Gasteiger partial charge in [-0.2, -0.15) is 0 Å². The Morgan fingerprint density at radius 2 is 1.76 bits per heavy atom. The minimum atomic E-state index is -0.286. The van der Waals surface area contributed by atoms with Crippen LogP contribution in [0.5, 0.6) is 5.75 Å². The van der Waals surface area contributed by atoms with E-state index in [1.165, 1.54) is 5.56 Å². The number of carbonyl (C=O) groups excluding carboxylic acids is 1. The van der Waals surface area contributed by atoms with Crippen LogP contribution in [0.3, 0.4) is 0 Å². The molecule has 0 radical (unpaired) electrons. The highest BCUT2D eigenvalue weighted by Crippen LogP contribution is 2.19. The number of benzene rings is 2. The number of nitrogens with one attached hydrogen (secondary N) is 1. The minimum Gasteiger partial charge on any atom is -0.494 e. The second-order valence-electron chi connectivity index (χ2n) is 6.38. The van der Waals surface area contributed by atoms with Crippen LogP contribution in [-0.2, 0) is 4.79 Å². The van der Waals surface area contributed by atoms with Crippen LogP contribution in [-0.4, -0.2) is 19.1 Å². The molecule has 0 spiro atoms. The van der Waals surface area contributed by atoms with Gasteiger partial charge in [0.1, 0.15) is 5.75 Å². The Balaban J connectivity index is 1.62. The average Bonchev–Trinajstić information content (AvgIpc) is 2.65. The molecule has 2 aromatic carbocycles. The lowest BCUT2D eigenvalue weighted by Crippen LogP contribution is -2.36. The minimum absolute atomic E-state index is 0.00388. The summed E-state index contributed by atoms with van der Waals surface area (Å²) in [6.45, 7) is 5.21. The third-order valence-electron chi connectivity index (χ3n) is 4.30. The van der Waals surface area contributed by atoms with E-state index in [4.69, 9.17) is 10.5 Å². The van der Waals surface area contributed by atoms with E-state index in [0.29, 0.717) is 13.2 Å². The number of unbranched alkanes of at least 4 members (excludes halogenated alkanes) is 1. The number of hydrogen-bond donors (Lipinski definition) is 2. The molecule has 0 aliphatic carbocycles. The second kappa shape index (κ2) is 9.84. The van der Waals surface area contributed by atoms with Crippen molar-refractivity contribution in [1.29, 1.82) is 0 Å². The van der Waals surface area contributed by atoms with Gasteiger partial charge in [0.15, 0.2) is 0 Å². The summed E-state index contributed by atoms with van der Waals surface area (Å²) >= 11 is 0. The fourth-order valence-electron chi connectivity index (χ4n) is 2.55. The number of hydrogen-bond acceptors (Lipinski definition) is 3. The molecule has 1 amide bonds. The maximum Gasteiger partial charge on any atom is 0.224 e. The van der Waals surface area contributed by atoms with Gasteiger partial charge in [0, 0.05) is 12.6 Å². The van der Waals surface area contributed by atoms with Crippen molar-refractivity contribution in [2.45, 2.75) is 32.7 Å². The highest BCUT2D eigenvalue weighted by Gasteiger charge is 2.21. The zero-order valence-electron chi connectivity index (χ0n) is 15.1. The predicted molar refractivity (Wildman–Crippen MR) is 101 cm³/mol. The molecule has 0 aliphatic heterocycles. The first-order valence-corrected chi connectivity index (χ1v) is 8.85. The van der Waals surface area contributed by atoms with Crippen molar-refractivity contribution in [3.63, 3.8) is 0 Å². The summed E-state index contributed by atoms with van der Waals surface area (Å²) in [6.07, 6.45) is 1.78. The lowest BCUT2D eigenvalue weighted by atomic mass is 9.94. The molecule has 2 aromatic rings. The van der Waals surface area contributed by atoms with Crippen molar-refractivity contribution in [1.82, 2.24) is 5.32 Å². The molecule has 3 N–H and O–H groups in total. The normalized spacial score (nSPS) is 13.1. The van der Waals surface area contributed by atoms with Crippen LogP contribution >= 0.6 is 0 Å². The summed E-state index contributed by atoms with van der Waals surface area (Å²) in [4.78, 5) is 12.2. The summed E-state index contributed by atoms with van der Waals surface area (Å²) in [5.41, 5.74) is 8.39. The Bertz CT molecular complexity index is 641. The van der Waals surface area contributed by atoms with Gasteiger partial charge < -0.3 is 15.8 Å². The monoisotopic (exact) mass is 340 g/mol. The Hall–Kier alpha value is -2.33. The Morgan fingerprint density at radius 3 is 2.44 bits per heavy atom. The predicted octanol–water partition coefficient (Wildman–Crippen LogP) is 3.61. The van der Waals surface area contributed by atoms with Gasteiger partial charge in [0.05, 0.1) is 12.5 Å². The quantitative estimate of drug-likeness (QED) is 0.686. The van der Waals surface area contributed by atoms with Gasteiger partial charge in [-0.15, -0.1) is 0 Å². The molecule has 0 aromatic heterocycles. The van der Waals surface area contributed by atoms with E-state index >= 15 is 0 Å². The molecule has 0 bridgehead atoms. The maximum atomic E-state index is 12.2. The van der Waals surface area contributed by atoms with E-state index in [0.717, 1.165) is 24.2 Å². The highest BCUT2D eigenvalue weighted by atomic mass is 16.5. The topological polar surface area (TPSA) is 64.3 Å². The van der Waals surface area contributed by atoms with Crippen LogP contribution in [0.1, 0.15) is 36.9 Å². The van der Waals surface area contributed by atoms with Gasteiger partial charge in [0.2, 0.25) is 5.91 Å². The van der Waals surface area contributed by atoms with Crippen molar-refractivity contribution < 1.29 is 9.53 Å². The Labute approximate surface area is 150 Å². The fraction of sp³-hybridized carbons (Fsp3) is 0.381. The molecule has 2 unspecified atom stereocenters. The highest BCUT2D eigenvalue weighted by molar-refractivity contribution is 5.79. The second-order valence-corrected chi connectivity index (χ2v) is 6.38. The largest absolute Gasteiger partial charge is 0.494 e. The smallest absolute Gasteiger partial charge is 0.224 e. The Morgan fingerprint density at radius 1 is 1.08 bits per heavy atom. The summed E-state index contributed by atoms with van der Waals surface area (Å²) in [7, 11) is 0. The maximum absolute atomic E-state index is 12.2. The van der Waals surface area contributed by atoms with Crippen LogP contribution in [0.25, 0.3) is 0 Å². The van der Waals surface area contributed by atoms with Gasteiger partial charge in [-0.1, -0.05) is 55.0 Å². The van der Waals surface area contributed by atoms with E-state index in [2.05, 4.69) is 12.2 Å². The first kappa shape index (κ1) is 19.0. The first-order chi connectivity index (χ1) is 12.1. The van der Waals surface area contributed by atoms with Crippen LogP contribution < -0.4 is 15.8 Å². The van der Waals surface area contributed by atoms with Crippen molar-refractivity contribution in [2.24, 2.45) is 11.7 Å². The number of ether oxygens (including phenoxy) is 1. The molecule has 0 fully saturated rings. The van der Waals surface area contributed by atoms with Crippen LogP contribution in [0, 0.1) is 12.8 Å². The van der Waals surface area contributed by atoms with Crippen LogP contribution in [0.15, 0.2) is 54.6 Å². The van der Waals surface area contributed by atoms with Crippen molar-refractivity contribution in [3.8, 4) is 5.75 Å². The zero-order chi connectivity index (χ0) is 18.1. The van der Waals surface area contributed by atoms with Crippen LogP contribution in [0.4, 0.5) is 0 Å². The Kier molecular flexibility index (Phi) is 7.48. The van der Waals surface area contributed by atoms with E-state index in [-0.39, 0.29) is 17.9 Å². The van der Waals surface area contributed by atoms with E-state index in [9.17, 15) is 4.79 Å². The van der Waals surface area contributed by atoms with Gasteiger partial charge in [-0.25, -0.2) is 0 Å². The van der Waals surface area contributed by atoms with Crippen molar-refractivity contribution in [3.05, 3.63) is 65.7 Å². The number of amides is 1.